The second-order valence-electron chi connectivity index (χ2n) is 4.91. The van der Waals surface area contributed by atoms with Crippen molar-refractivity contribution in [3.8, 4) is 0 Å². The number of hydrogen-bond donors (Lipinski definition) is 1. The number of para-hydroxylation sites is 1. The molecule has 0 fully saturated rings. The zero-order valence-electron chi connectivity index (χ0n) is 11.7. The molecule has 21 heavy (non-hydrogen) atoms. The zero-order chi connectivity index (χ0) is 14.5. The molecule has 2 aromatic heterocycles. The van der Waals surface area contributed by atoms with Gasteiger partial charge in [0.05, 0.1) is 0 Å². The molecule has 3 aromatic rings. The standard InChI is InChI=1S/C17H17N3O/c21-17(15-6-10-18-11-7-15)19-9-3-12-20-13-8-14-4-1-2-5-16(14)20/h1-2,4-8,10-11,13H,3,9,12H2,(H,19,21). The number of aromatic nitrogens is 2. The van der Waals surface area contributed by atoms with Crippen LogP contribution in [-0.4, -0.2) is 22.0 Å². The minimum absolute atomic E-state index is 0.0465. The van der Waals surface area contributed by atoms with Crippen molar-refractivity contribution in [1.29, 1.82) is 0 Å². The van der Waals surface area contributed by atoms with Gasteiger partial charge in [0.1, 0.15) is 0 Å². The third kappa shape index (κ3) is 3.11. The van der Waals surface area contributed by atoms with Crippen LogP contribution in [0.2, 0.25) is 0 Å². The van der Waals surface area contributed by atoms with Crippen molar-refractivity contribution in [2.45, 2.75) is 13.0 Å². The van der Waals surface area contributed by atoms with Gasteiger partial charge in [-0.2, -0.15) is 0 Å². The summed E-state index contributed by atoms with van der Waals surface area (Å²) in [5, 5.41) is 4.18. The quantitative estimate of drug-likeness (QED) is 0.730. The number of hydrogen-bond acceptors (Lipinski definition) is 2. The Kier molecular flexibility index (Phi) is 3.96. The summed E-state index contributed by atoms with van der Waals surface area (Å²) in [6.45, 7) is 1.55. The van der Waals surface area contributed by atoms with Crippen LogP contribution in [0.3, 0.4) is 0 Å². The molecular formula is C17H17N3O. The van der Waals surface area contributed by atoms with Gasteiger partial charge in [0.15, 0.2) is 0 Å². The summed E-state index contributed by atoms with van der Waals surface area (Å²) < 4.78 is 2.22. The monoisotopic (exact) mass is 279 g/mol. The average molecular weight is 279 g/mol. The average Bonchev–Trinajstić information content (AvgIpc) is 2.95. The highest BCUT2D eigenvalue weighted by Gasteiger charge is 2.04. The predicted octanol–water partition coefficient (Wildman–Crippen LogP) is 2.86. The number of nitrogens with zero attached hydrogens (tertiary/aromatic N) is 2. The SMILES string of the molecule is O=C(NCCCn1ccc2ccccc21)c1ccncc1. The van der Waals surface area contributed by atoms with Crippen LogP contribution < -0.4 is 5.32 Å². The van der Waals surface area contributed by atoms with E-state index in [9.17, 15) is 4.79 Å². The molecule has 1 amide bonds. The van der Waals surface area contributed by atoms with E-state index in [1.165, 1.54) is 10.9 Å². The maximum atomic E-state index is 11.9. The first-order valence-electron chi connectivity index (χ1n) is 7.07. The van der Waals surface area contributed by atoms with Crippen molar-refractivity contribution < 1.29 is 4.79 Å². The van der Waals surface area contributed by atoms with Crippen LogP contribution in [0.25, 0.3) is 10.9 Å². The maximum Gasteiger partial charge on any atom is 0.251 e. The summed E-state index contributed by atoms with van der Waals surface area (Å²) in [7, 11) is 0. The molecule has 3 rings (SSSR count). The normalized spacial score (nSPS) is 10.7. The van der Waals surface area contributed by atoms with Crippen molar-refractivity contribution >= 4 is 16.8 Å². The molecule has 106 valence electrons. The van der Waals surface area contributed by atoms with E-state index in [1.54, 1.807) is 24.5 Å². The lowest BCUT2D eigenvalue weighted by Gasteiger charge is -2.07. The second kappa shape index (κ2) is 6.22. The van der Waals surface area contributed by atoms with Crippen molar-refractivity contribution in [2.75, 3.05) is 6.54 Å². The van der Waals surface area contributed by atoms with E-state index >= 15 is 0 Å². The molecule has 0 saturated carbocycles. The number of nitrogens with one attached hydrogen (secondary N) is 1. The first kappa shape index (κ1) is 13.4. The predicted molar refractivity (Wildman–Crippen MR) is 83.1 cm³/mol. The number of carbonyl (C=O) groups excluding carboxylic acids is 1. The van der Waals surface area contributed by atoms with Gasteiger partial charge in [0, 0.05) is 42.8 Å². The lowest BCUT2D eigenvalue weighted by Crippen LogP contribution is -2.25. The summed E-state index contributed by atoms with van der Waals surface area (Å²) in [4.78, 5) is 15.8. The third-order valence-corrected chi connectivity index (χ3v) is 3.48. The van der Waals surface area contributed by atoms with Crippen molar-refractivity contribution in [1.82, 2.24) is 14.9 Å². The minimum atomic E-state index is -0.0465. The molecule has 4 heteroatoms. The first-order valence-corrected chi connectivity index (χ1v) is 7.07. The molecule has 0 atom stereocenters. The fraction of sp³-hybridized carbons (Fsp3) is 0.176. The van der Waals surface area contributed by atoms with Crippen LogP contribution >= 0.6 is 0 Å². The highest BCUT2D eigenvalue weighted by atomic mass is 16.1. The Labute approximate surface area is 123 Å². The lowest BCUT2D eigenvalue weighted by molar-refractivity contribution is 0.0952. The van der Waals surface area contributed by atoms with Crippen LogP contribution in [-0.2, 0) is 6.54 Å². The molecule has 1 N–H and O–H groups in total. The Hall–Kier alpha value is -2.62. The van der Waals surface area contributed by atoms with Gasteiger partial charge in [-0.05, 0) is 36.1 Å². The number of benzene rings is 1. The molecule has 0 aliphatic heterocycles. The summed E-state index contributed by atoms with van der Waals surface area (Å²) in [6.07, 6.45) is 6.24. The second-order valence-corrected chi connectivity index (χ2v) is 4.91. The Morgan fingerprint density at radius 1 is 1.10 bits per heavy atom. The fourth-order valence-electron chi connectivity index (χ4n) is 2.39. The molecule has 1 aromatic carbocycles. The van der Waals surface area contributed by atoms with E-state index in [1.807, 2.05) is 12.1 Å². The fourth-order valence-corrected chi connectivity index (χ4v) is 2.39. The van der Waals surface area contributed by atoms with Crippen molar-refractivity contribution in [3.05, 3.63) is 66.6 Å². The molecular weight excluding hydrogens is 262 g/mol. The molecule has 0 unspecified atom stereocenters. The van der Waals surface area contributed by atoms with Gasteiger partial charge in [-0.15, -0.1) is 0 Å². The van der Waals surface area contributed by atoms with E-state index in [0.717, 1.165) is 13.0 Å². The molecule has 4 nitrogen and oxygen atoms in total. The van der Waals surface area contributed by atoms with Gasteiger partial charge in [0.2, 0.25) is 0 Å². The van der Waals surface area contributed by atoms with Crippen LogP contribution in [0.15, 0.2) is 61.1 Å². The van der Waals surface area contributed by atoms with Crippen LogP contribution in [0.1, 0.15) is 16.8 Å². The molecule has 0 saturated heterocycles. The molecule has 0 radical (unpaired) electrons. The number of aryl methyl sites for hydroxylation is 1. The highest BCUT2D eigenvalue weighted by Crippen LogP contribution is 2.15. The van der Waals surface area contributed by atoms with E-state index < -0.39 is 0 Å². The molecule has 0 spiro atoms. The number of pyridine rings is 1. The number of fused-ring (bicyclic) bond motifs is 1. The van der Waals surface area contributed by atoms with Crippen molar-refractivity contribution in [3.63, 3.8) is 0 Å². The Balaban J connectivity index is 1.52. The maximum absolute atomic E-state index is 11.9. The molecule has 2 heterocycles. The van der Waals surface area contributed by atoms with Crippen LogP contribution in [0, 0.1) is 0 Å². The van der Waals surface area contributed by atoms with Crippen LogP contribution in [0.4, 0.5) is 0 Å². The Morgan fingerprint density at radius 3 is 2.76 bits per heavy atom. The number of amides is 1. The number of rotatable bonds is 5. The van der Waals surface area contributed by atoms with E-state index in [-0.39, 0.29) is 5.91 Å². The van der Waals surface area contributed by atoms with E-state index in [0.29, 0.717) is 12.1 Å². The zero-order valence-corrected chi connectivity index (χ0v) is 11.7. The highest BCUT2D eigenvalue weighted by molar-refractivity contribution is 5.93. The Bertz CT molecular complexity index is 734. The van der Waals surface area contributed by atoms with Gasteiger partial charge in [0.25, 0.3) is 5.91 Å². The third-order valence-electron chi connectivity index (χ3n) is 3.48. The van der Waals surface area contributed by atoms with Gasteiger partial charge in [-0.1, -0.05) is 18.2 Å². The van der Waals surface area contributed by atoms with Gasteiger partial charge < -0.3 is 9.88 Å². The summed E-state index contributed by atoms with van der Waals surface area (Å²) in [6, 6.07) is 13.9. The summed E-state index contributed by atoms with van der Waals surface area (Å²) >= 11 is 0. The largest absolute Gasteiger partial charge is 0.352 e. The molecule has 0 bridgehead atoms. The topological polar surface area (TPSA) is 46.9 Å². The summed E-state index contributed by atoms with van der Waals surface area (Å²) in [5.74, 6) is -0.0465. The minimum Gasteiger partial charge on any atom is -0.352 e. The van der Waals surface area contributed by atoms with Gasteiger partial charge >= 0.3 is 0 Å². The molecule has 0 aliphatic carbocycles. The smallest absolute Gasteiger partial charge is 0.251 e. The first-order chi connectivity index (χ1) is 10.3. The van der Waals surface area contributed by atoms with Gasteiger partial charge in [-0.25, -0.2) is 0 Å². The van der Waals surface area contributed by atoms with E-state index in [2.05, 4.69) is 39.3 Å². The van der Waals surface area contributed by atoms with Crippen LogP contribution in [0.5, 0.6) is 0 Å². The van der Waals surface area contributed by atoms with Gasteiger partial charge in [-0.3, -0.25) is 9.78 Å². The van der Waals surface area contributed by atoms with Crippen molar-refractivity contribution in [2.24, 2.45) is 0 Å². The Morgan fingerprint density at radius 2 is 1.90 bits per heavy atom. The molecule has 0 aliphatic rings. The lowest BCUT2D eigenvalue weighted by atomic mass is 10.2. The number of carbonyl (C=O) groups is 1. The van der Waals surface area contributed by atoms with E-state index in [4.69, 9.17) is 0 Å². The summed E-state index contributed by atoms with van der Waals surface area (Å²) in [5.41, 5.74) is 1.88.